The molecule has 1 fully saturated rings. The van der Waals surface area contributed by atoms with Crippen LogP contribution in [0.3, 0.4) is 0 Å². The molecule has 24 heavy (non-hydrogen) atoms. The Balaban J connectivity index is 2.09. The fourth-order valence-electron chi connectivity index (χ4n) is 2.57. The number of hydrogen-bond donors (Lipinski definition) is 2. The van der Waals surface area contributed by atoms with E-state index in [-0.39, 0.29) is 18.2 Å². The van der Waals surface area contributed by atoms with Crippen LogP contribution in [0.25, 0.3) is 0 Å². The predicted molar refractivity (Wildman–Crippen MR) is 85.8 cm³/mol. The van der Waals surface area contributed by atoms with E-state index in [1.165, 1.54) is 23.6 Å². The highest BCUT2D eigenvalue weighted by Gasteiger charge is 2.54. The van der Waals surface area contributed by atoms with Gasteiger partial charge in [0.1, 0.15) is 23.7 Å². The molecule has 0 saturated carbocycles. The largest absolute Gasteiger partial charge is 0.477 e. The first-order valence-corrected chi connectivity index (χ1v) is 8.74. The van der Waals surface area contributed by atoms with Gasteiger partial charge in [-0.05, 0) is 6.42 Å². The highest BCUT2D eigenvalue weighted by Crippen LogP contribution is 2.40. The van der Waals surface area contributed by atoms with E-state index in [9.17, 15) is 24.3 Å². The Hall–Kier alpha value is -2.03. The molecule has 2 rings (SSSR count). The molecule has 0 aromatic heterocycles. The normalized spacial score (nSPS) is 22.6. The van der Waals surface area contributed by atoms with Crippen molar-refractivity contribution in [3.63, 3.8) is 0 Å². The minimum Gasteiger partial charge on any atom is -0.477 e. The minimum atomic E-state index is -1.24. The van der Waals surface area contributed by atoms with Crippen LogP contribution >= 0.6 is 11.8 Å². The number of fused-ring (bicyclic) bond motifs is 1. The zero-order chi connectivity index (χ0) is 17.9. The van der Waals surface area contributed by atoms with Crippen molar-refractivity contribution in [3.05, 3.63) is 11.3 Å². The van der Waals surface area contributed by atoms with E-state index in [1.807, 2.05) is 6.92 Å². The number of amides is 2. The summed E-state index contributed by atoms with van der Waals surface area (Å²) in [6.45, 7) is 3.04. The molecule has 9 heteroatoms. The molecule has 2 aliphatic heterocycles. The Morgan fingerprint density at radius 3 is 2.71 bits per heavy atom. The van der Waals surface area contributed by atoms with E-state index in [0.717, 1.165) is 12.8 Å². The molecule has 132 valence electrons. The number of esters is 1. The molecule has 0 radical (unpaired) electrons. The number of thioether (sulfide) groups is 1. The van der Waals surface area contributed by atoms with Crippen molar-refractivity contribution in [2.45, 2.75) is 44.5 Å². The van der Waals surface area contributed by atoms with E-state index in [2.05, 4.69) is 5.32 Å². The summed E-state index contributed by atoms with van der Waals surface area (Å²) in [5.41, 5.74) is 0.229. The van der Waals surface area contributed by atoms with Gasteiger partial charge in [-0.15, -0.1) is 11.8 Å². The number of carboxylic acid groups (broad SMARTS) is 1. The van der Waals surface area contributed by atoms with Crippen molar-refractivity contribution in [2.24, 2.45) is 0 Å². The average Bonchev–Trinajstić information content (AvgIpc) is 2.54. The highest BCUT2D eigenvalue weighted by atomic mass is 32.2. The van der Waals surface area contributed by atoms with E-state index < -0.39 is 29.3 Å². The molecule has 2 amide bonds. The summed E-state index contributed by atoms with van der Waals surface area (Å²) >= 11 is 1.35. The van der Waals surface area contributed by atoms with Crippen LogP contribution in [0.4, 0.5) is 0 Å². The molecule has 0 aromatic rings. The van der Waals surface area contributed by atoms with Crippen molar-refractivity contribution in [2.75, 3.05) is 12.4 Å². The first-order valence-electron chi connectivity index (χ1n) is 7.69. The highest BCUT2D eigenvalue weighted by molar-refractivity contribution is 8.00. The summed E-state index contributed by atoms with van der Waals surface area (Å²) in [6.07, 6.45) is 1.96. The zero-order valence-corrected chi connectivity index (χ0v) is 14.4. The van der Waals surface area contributed by atoms with Gasteiger partial charge in [-0.2, -0.15) is 0 Å². The first kappa shape index (κ1) is 18.3. The zero-order valence-electron chi connectivity index (χ0n) is 13.5. The van der Waals surface area contributed by atoms with Crippen molar-refractivity contribution in [1.29, 1.82) is 0 Å². The summed E-state index contributed by atoms with van der Waals surface area (Å²) < 4.78 is 4.86. The number of nitrogens with zero attached hydrogens (tertiary/aromatic N) is 1. The summed E-state index contributed by atoms with van der Waals surface area (Å²) in [4.78, 5) is 47.7. The maximum atomic E-state index is 12.3. The number of rotatable bonds is 7. The number of unbranched alkanes of at least 4 members (excludes halogenated alkanes) is 1. The first-order chi connectivity index (χ1) is 11.4. The molecule has 2 atom stereocenters. The molecule has 0 aromatic carbocycles. The van der Waals surface area contributed by atoms with Crippen LogP contribution in [-0.2, 0) is 23.9 Å². The molecule has 1 saturated heterocycles. The van der Waals surface area contributed by atoms with Crippen molar-refractivity contribution >= 4 is 35.5 Å². The second-order valence-corrected chi connectivity index (χ2v) is 6.70. The van der Waals surface area contributed by atoms with Crippen LogP contribution in [-0.4, -0.2) is 57.5 Å². The molecular weight excluding hydrogens is 336 g/mol. The van der Waals surface area contributed by atoms with Crippen molar-refractivity contribution in [3.8, 4) is 0 Å². The van der Waals surface area contributed by atoms with E-state index in [4.69, 9.17) is 4.74 Å². The van der Waals surface area contributed by atoms with Gasteiger partial charge in [0.15, 0.2) is 0 Å². The number of nitrogens with one attached hydrogen (secondary N) is 1. The van der Waals surface area contributed by atoms with Gasteiger partial charge in [0.2, 0.25) is 5.91 Å². The Kier molecular flexibility index (Phi) is 5.87. The quantitative estimate of drug-likeness (QED) is 0.504. The average molecular weight is 356 g/mol. The molecule has 2 heterocycles. The van der Waals surface area contributed by atoms with Crippen LogP contribution in [0.2, 0.25) is 0 Å². The second-order valence-electron chi connectivity index (χ2n) is 5.60. The van der Waals surface area contributed by atoms with Crippen molar-refractivity contribution < 1.29 is 29.0 Å². The number of hydrogen-bond acceptors (Lipinski definition) is 6. The number of β-lactam (4-membered cyclic amide) rings is 1. The number of ether oxygens (including phenoxy) is 1. The number of carbonyl (C=O) groups is 4. The predicted octanol–water partition coefficient (Wildman–Crippen LogP) is 0.478. The van der Waals surface area contributed by atoms with Crippen LogP contribution in [0.15, 0.2) is 11.3 Å². The topological polar surface area (TPSA) is 113 Å². The molecule has 2 aliphatic rings. The number of carboxylic acids is 1. The van der Waals surface area contributed by atoms with Gasteiger partial charge in [0.25, 0.3) is 5.91 Å². The van der Waals surface area contributed by atoms with E-state index >= 15 is 0 Å². The maximum absolute atomic E-state index is 12.3. The Morgan fingerprint density at radius 1 is 1.42 bits per heavy atom. The smallest absolute Gasteiger partial charge is 0.352 e. The minimum absolute atomic E-state index is 0.149. The lowest BCUT2D eigenvalue weighted by molar-refractivity contribution is -0.151. The van der Waals surface area contributed by atoms with Gasteiger partial charge >= 0.3 is 11.9 Å². The monoisotopic (exact) mass is 356 g/mol. The Morgan fingerprint density at radius 2 is 2.12 bits per heavy atom. The van der Waals surface area contributed by atoms with Crippen LogP contribution in [0, 0.1) is 0 Å². The molecule has 0 spiro atoms. The number of carbonyl (C=O) groups excluding carboxylic acids is 3. The third-order valence-corrected chi connectivity index (χ3v) is 5.11. The van der Waals surface area contributed by atoms with Gasteiger partial charge in [0.05, 0.1) is 0 Å². The lowest BCUT2D eigenvalue weighted by Crippen LogP contribution is -2.70. The summed E-state index contributed by atoms with van der Waals surface area (Å²) in [6, 6.07) is -0.705. The lowest BCUT2D eigenvalue weighted by Gasteiger charge is -2.49. The third kappa shape index (κ3) is 3.72. The van der Waals surface area contributed by atoms with Gasteiger partial charge in [-0.3, -0.25) is 19.3 Å². The fourth-order valence-corrected chi connectivity index (χ4v) is 3.89. The fraction of sp³-hybridized carbons (Fsp3) is 0.600. The Bertz CT molecular complexity index is 603. The van der Waals surface area contributed by atoms with Crippen molar-refractivity contribution in [1.82, 2.24) is 10.2 Å². The van der Waals surface area contributed by atoms with Crippen LogP contribution < -0.4 is 5.32 Å². The van der Waals surface area contributed by atoms with Gasteiger partial charge < -0.3 is 15.2 Å². The SMILES string of the molecule is CCCCC(=O)N[C@@H]1C(=O)N2C(C(=O)O)=C(COC(C)=O)CS[C@H]12. The van der Waals surface area contributed by atoms with Gasteiger partial charge in [-0.25, -0.2) is 4.79 Å². The second kappa shape index (κ2) is 7.69. The van der Waals surface area contributed by atoms with Crippen LogP contribution in [0.5, 0.6) is 0 Å². The lowest BCUT2D eigenvalue weighted by atomic mass is 10.0. The molecule has 0 aliphatic carbocycles. The number of aliphatic carboxylic acids is 1. The molecule has 0 bridgehead atoms. The van der Waals surface area contributed by atoms with Gasteiger partial charge in [0, 0.05) is 24.7 Å². The summed E-state index contributed by atoms with van der Waals surface area (Å²) in [5.74, 6) is -2.09. The van der Waals surface area contributed by atoms with E-state index in [1.54, 1.807) is 0 Å². The Labute approximate surface area is 143 Å². The van der Waals surface area contributed by atoms with E-state index in [0.29, 0.717) is 17.7 Å². The molecule has 8 nitrogen and oxygen atoms in total. The van der Waals surface area contributed by atoms with Gasteiger partial charge in [-0.1, -0.05) is 13.3 Å². The summed E-state index contributed by atoms with van der Waals surface area (Å²) in [5, 5.41) is 11.6. The maximum Gasteiger partial charge on any atom is 0.352 e. The molecule has 2 N–H and O–H groups in total. The summed E-state index contributed by atoms with van der Waals surface area (Å²) in [7, 11) is 0. The molecular formula is C15H20N2O6S. The standard InChI is InChI=1S/C15H20N2O6S/c1-3-4-5-10(19)16-11-13(20)17-12(15(21)22)9(6-23-8(2)18)7-24-14(11)17/h11,14H,3-7H2,1-2H3,(H,16,19)(H,21,22)/t11-,14-/m1/s1. The third-order valence-electron chi connectivity index (χ3n) is 3.77. The van der Waals surface area contributed by atoms with Crippen LogP contribution in [0.1, 0.15) is 33.1 Å². The molecule has 0 unspecified atom stereocenters.